The van der Waals surface area contributed by atoms with Crippen LogP contribution in [-0.4, -0.2) is 18.7 Å². The molecule has 4 nitrogen and oxygen atoms in total. The maximum absolute atomic E-state index is 13.4. The Balaban J connectivity index is 1.79. The van der Waals surface area contributed by atoms with Crippen LogP contribution in [0.4, 0.5) is 10.1 Å². The summed E-state index contributed by atoms with van der Waals surface area (Å²) in [6.07, 6.45) is 2.55. The fraction of sp³-hybridized carbons (Fsp3) is 0.176. The first-order valence-electron chi connectivity index (χ1n) is 7.08. The second-order valence-electron chi connectivity index (χ2n) is 4.72. The van der Waals surface area contributed by atoms with Gasteiger partial charge in [-0.1, -0.05) is 43.3 Å². The average molecular weight is 299 g/mol. The molecule has 0 heterocycles. The van der Waals surface area contributed by atoms with Gasteiger partial charge in [0.15, 0.2) is 0 Å². The van der Waals surface area contributed by atoms with Gasteiger partial charge in [0.25, 0.3) is 5.91 Å². The summed E-state index contributed by atoms with van der Waals surface area (Å²) in [5.74, 6) is -0.737. The lowest BCUT2D eigenvalue weighted by Gasteiger charge is -2.05. The minimum atomic E-state index is -0.394. The lowest BCUT2D eigenvalue weighted by atomic mass is 10.1. The van der Waals surface area contributed by atoms with Gasteiger partial charge in [0.1, 0.15) is 5.82 Å². The number of carbonyl (C=O) groups is 1. The number of hydrazone groups is 1. The van der Waals surface area contributed by atoms with Gasteiger partial charge in [-0.05, 0) is 29.7 Å². The summed E-state index contributed by atoms with van der Waals surface area (Å²) in [4.78, 5) is 11.6. The molecule has 0 bridgehead atoms. The van der Waals surface area contributed by atoms with E-state index in [1.807, 2.05) is 24.3 Å². The first-order valence-corrected chi connectivity index (χ1v) is 7.08. The molecule has 114 valence electrons. The van der Waals surface area contributed by atoms with E-state index in [4.69, 9.17) is 0 Å². The number of aryl methyl sites for hydroxylation is 1. The van der Waals surface area contributed by atoms with Crippen molar-refractivity contribution in [2.75, 3.05) is 11.9 Å². The third-order valence-corrected chi connectivity index (χ3v) is 3.10. The molecule has 0 aliphatic carbocycles. The van der Waals surface area contributed by atoms with Crippen LogP contribution in [0.2, 0.25) is 0 Å². The van der Waals surface area contributed by atoms with E-state index in [1.165, 1.54) is 11.6 Å². The van der Waals surface area contributed by atoms with Crippen molar-refractivity contribution in [2.24, 2.45) is 5.10 Å². The number of hydrogen-bond donors (Lipinski definition) is 2. The number of nitrogens with zero attached hydrogens (tertiary/aromatic N) is 1. The van der Waals surface area contributed by atoms with Crippen LogP contribution in [0.3, 0.4) is 0 Å². The largest absolute Gasteiger partial charge is 0.374 e. The number of amides is 1. The average Bonchev–Trinajstić information content (AvgIpc) is 2.55. The summed E-state index contributed by atoms with van der Waals surface area (Å²) < 4.78 is 13.4. The number of anilines is 1. The molecule has 5 heteroatoms. The van der Waals surface area contributed by atoms with E-state index in [9.17, 15) is 9.18 Å². The second kappa shape index (κ2) is 7.93. The molecule has 0 radical (unpaired) electrons. The number of hydrogen-bond acceptors (Lipinski definition) is 3. The van der Waals surface area contributed by atoms with Crippen LogP contribution in [0.15, 0.2) is 53.6 Å². The van der Waals surface area contributed by atoms with Crippen molar-refractivity contribution in [1.82, 2.24) is 5.43 Å². The monoisotopic (exact) mass is 299 g/mol. The van der Waals surface area contributed by atoms with E-state index in [2.05, 4.69) is 22.8 Å². The Morgan fingerprint density at radius 1 is 1.18 bits per heavy atom. The van der Waals surface area contributed by atoms with E-state index in [-0.39, 0.29) is 18.1 Å². The number of para-hydroxylation sites is 1. The molecule has 0 aromatic heterocycles. The molecule has 0 spiro atoms. The molecule has 0 unspecified atom stereocenters. The van der Waals surface area contributed by atoms with Gasteiger partial charge in [0.05, 0.1) is 18.4 Å². The second-order valence-corrected chi connectivity index (χ2v) is 4.72. The fourth-order valence-corrected chi connectivity index (χ4v) is 1.84. The van der Waals surface area contributed by atoms with Crippen molar-refractivity contribution >= 4 is 17.8 Å². The third-order valence-electron chi connectivity index (χ3n) is 3.10. The summed E-state index contributed by atoms with van der Waals surface area (Å²) in [5.41, 5.74) is 4.83. The zero-order chi connectivity index (χ0) is 15.8. The third kappa shape index (κ3) is 4.70. The van der Waals surface area contributed by atoms with Gasteiger partial charge in [-0.2, -0.15) is 5.10 Å². The molecule has 0 fully saturated rings. The molecule has 2 rings (SSSR count). The molecular weight excluding hydrogens is 281 g/mol. The smallest absolute Gasteiger partial charge is 0.259 e. The van der Waals surface area contributed by atoms with Crippen LogP contribution in [0.1, 0.15) is 18.1 Å². The van der Waals surface area contributed by atoms with Gasteiger partial charge < -0.3 is 5.32 Å². The predicted molar refractivity (Wildman–Crippen MR) is 86.4 cm³/mol. The number of nitrogens with one attached hydrogen (secondary N) is 2. The van der Waals surface area contributed by atoms with Gasteiger partial charge in [0, 0.05) is 0 Å². The summed E-state index contributed by atoms with van der Waals surface area (Å²) in [5, 5.41) is 6.59. The fourth-order valence-electron chi connectivity index (χ4n) is 1.84. The molecule has 0 saturated heterocycles. The molecule has 22 heavy (non-hydrogen) atoms. The van der Waals surface area contributed by atoms with Crippen LogP contribution in [0, 0.1) is 5.82 Å². The van der Waals surface area contributed by atoms with Crippen LogP contribution in [0.25, 0.3) is 0 Å². The van der Waals surface area contributed by atoms with Crippen LogP contribution in [-0.2, 0) is 11.2 Å². The molecule has 0 saturated carbocycles. The van der Waals surface area contributed by atoms with Crippen molar-refractivity contribution in [3.63, 3.8) is 0 Å². The van der Waals surface area contributed by atoms with Crippen LogP contribution < -0.4 is 10.7 Å². The van der Waals surface area contributed by atoms with E-state index in [0.29, 0.717) is 0 Å². The van der Waals surface area contributed by atoms with E-state index in [0.717, 1.165) is 12.0 Å². The Morgan fingerprint density at radius 3 is 2.59 bits per heavy atom. The molecule has 2 aromatic carbocycles. The molecule has 2 N–H and O–H groups in total. The Labute approximate surface area is 129 Å². The zero-order valence-electron chi connectivity index (χ0n) is 12.3. The zero-order valence-corrected chi connectivity index (χ0v) is 12.3. The highest BCUT2D eigenvalue weighted by Gasteiger charge is 2.02. The molecule has 1 amide bonds. The Hall–Kier alpha value is -2.69. The van der Waals surface area contributed by atoms with E-state index in [1.54, 1.807) is 24.4 Å². The summed E-state index contributed by atoms with van der Waals surface area (Å²) in [6.45, 7) is 2.04. The maximum atomic E-state index is 13.4. The predicted octanol–water partition coefficient (Wildman–Crippen LogP) is 2.95. The summed E-state index contributed by atoms with van der Waals surface area (Å²) >= 11 is 0. The minimum absolute atomic E-state index is 0.0486. The van der Waals surface area contributed by atoms with Gasteiger partial charge >= 0.3 is 0 Å². The standard InChI is InChI=1S/C17H18FN3O/c1-2-13-7-9-14(10-8-13)11-20-21-17(22)12-19-16-6-4-3-5-15(16)18/h3-11,19H,2,12H2,1H3,(H,21,22). The minimum Gasteiger partial charge on any atom is -0.374 e. The first kappa shape index (κ1) is 15.7. The Kier molecular flexibility index (Phi) is 5.65. The lowest BCUT2D eigenvalue weighted by molar-refractivity contribution is -0.119. The first-order chi connectivity index (χ1) is 10.7. The molecule has 0 aliphatic heterocycles. The van der Waals surface area contributed by atoms with Gasteiger partial charge in [-0.3, -0.25) is 4.79 Å². The Morgan fingerprint density at radius 2 is 1.91 bits per heavy atom. The van der Waals surface area contributed by atoms with E-state index < -0.39 is 5.82 Å². The van der Waals surface area contributed by atoms with Crippen LogP contribution in [0.5, 0.6) is 0 Å². The number of benzene rings is 2. The SMILES string of the molecule is CCc1ccc(C=NNC(=O)CNc2ccccc2F)cc1. The van der Waals surface area contributed by atoms with Crippen molar-refractivity contribution in [3.05, 3.63) is 65.5 Å². The summed E-state index contributed by atoms with van der Waals surface area (Å²) in [7, 11) is 0. The number of halogens is 1. The molecule has 0 atom stereocenters. The normalized spacial score (nSPS) is 10.6. The number of rotatable bonds is 6. The topological polar surface area (TPSA) is 53.5 Å². The van der Waals surface area contributed by atoms with Gasteiger partial charge in [0.2, 0.25) is 0 Å². The molecule has 0 aliphatic rings. The van der Waals surface area contributed by atoms with E-state index >= 15 is 0 Å². The van der Waals surface area contributed by atoms with Gasteiger partial charge in [-0.15, -0.1) is 0 Å². The van der Waals surface area contributed by atoms with Crippen molar-refractivity contribution in [1.29, 1.82) is 0 Å². The lowest BCUT2D eigenvalue weighted by Crippen LogP contribution is -2.26. The quantitative estimate of drug-likeness (QED) is 0.636. The number of carbonyl (C=O) groups excluding carboxylic acids is 1. The van der Waals surface area contributed by atoms with Crippen molar-refractivity contribution in [2.45, 2.75) is 13.3 Å². The Bertz CT molecular complexity index is 653. The summed E-state index contributed by atoms with van der Waals surface area (Å²) in [6, 6.07) is 14.1. The highest BCUT2D eigenvalue weighted by atomic mass is 19.1. The van der Waals surface area contributed by atoms with Crippen LogP contribution >= 0.6 is 0 Å². The highest BCUT2D eigenvalue weighted by molar-refractivity contribution is 5.84. The van der Waals surface area contributed by atoms with Crippen molar-refractivity contribution in [3.8, 4) is 0 Å². The molecule has 2 aromatic rings. The molecular formula is C17H18FN3O. The maximum Gasteiger partial charge on any atom is 0.259 e. The highest BCUT2D eigenvalue weighted by Crippen LogP contribution is 2.11. The van der Waals surface area contributed by atoms with Crippen molar-refractivity contribution < 1.29 is 9.18 Å². The van der Waals surface area contributed by atoms with Gasteiger partial charge in [-0.25, -0.2) is 9.82 Å².